The molecule has 0 aromatic carbocycles. The monoisotopic (exact) mass is 331 g/mol. The number of pyridine rings is 1. The summed E-state index contributed by atoms with van der Waals surface area (Å²) in [5, 5.41) is 6.00. The molecule has 1 aliphatic rings. The third kappa shape index (κ3) is 4.84. The minimum atomic E-state index is 0.0708. The van der Waals surface area contributed by atoms with Gasteiger partial charge in [-0.25, -0.2) is 4.98 Å². The number of carbonyl (C=O) groups is 1. The van der Waals surface area contributed by atoms with Crippen molar-refractivity contribution in [1.29, 1.82) is 0 Å². The van der Waals surface area contributed by atoms with Crippen LogP contribution in [0.4, 0.5) is 0 Å². The highest BCUT2D eigenvalue weighted by molar-refractivity contribution is 7.13. The number of hydrogen-bond donors (Lipinski definition) is 1. The van der Waals surface area contributed by atoms with Gasteiger partial charge in [-0.15, -0.1) is 11.3 Å². The zero-order chi connectivity index (χ0) is 15.9. The third-order valence-corrected chi connectivity index (χ3v) is 4.81. The normalized spacial score (nSPS) is 17.8. The lowest BCUT2D eigenvalue weighted by atomic mass is 10.1. The molecule has 6 heteroatoms. The summed E-state index contributed by atoms with van der Waals surface area (Å²) in [5.74, 6) is 0.0708. The number of carbonyl (C=O) groups excluding carboxylic acids is 1. The molecule has 0 radical (unpaired) electrons. The van der Waals surface area contributed by atoms with Gasteiger partial charge in [-0.05, 0) is 31.4 Å². The first-order valence-corrected chi connectivity index (χ1v) is 8.92. The Kier molecular flexibility index (Phi) is 5.71. The highest BCUT2D eigenvalue weighted by Gasteiger charge is 2.17. The lowest BCUT2D eigenvalue weighted by Gasteiger charge is -2.21. The number of nitrogens with zero attached hydrogens (tertiary/aromatic N) is 2. The summed E-state index contributed by atoms with van der Waals surface area (Å²) in [4.78, 5) is 20.5. The highest BCUT2D eigenvalue weighted by Crippen LogP contribution is 2.22. The zero-order valence-corrected chi connectivity index (χ0v) is 13.8. The van der Waals surface area contributed by atoms with Crippen LogP contribution in [0, 0.1) is 0 Å². The van der Waals surface area contributed by atoms with Crippen LogP contribution < -0.4 is 5.32 Å². The molecule has 1 unspecified atom stereocenters. The van der Waals surface area contributed by atoms with Crippen LogP contribution in [-0.4, -0.2) is 35.1 Å². The molecule has 1 fully saturated rings. The maximum atomic E-state index is 11.9. The van der Waals surface area contributed by atoms with E-state index in [-0.39, 0.29) is 12.0 Å². The SMILES string of the molecule is O=C(CC1CCCCO1)NCCc1csc(-c2ccncc2)n1. The second-order valence-corrected chi connectivity index (χ2v) is 6.53. The van der Waals surface area contributed by atoms with Crippen molar-refractivity contribution in [1.82, 2.24) is 15.3 Å². The zero-order valence-electron chi connectivity index (χ0n) is 13.0. The van der Waals surface area contributed by atoms with Crippen molar-refractivity contribution in [2.75, 3.05) is 13.2 Å². The van der Waals surface area contributed by atoms with E-state index in [2.05, 4.69) is 15.3 Å². The number of aromatic nitrogens is 2. The third-order valence-electron chi connectivity index (χ3n) is 3.87. The molecule has 0 bridgehead atoms. The molecule has 2 aromatic rings. The minimum Gasteiger partial charge on any atom is -0.378 e. The van der Waals surface area contributed by atoms with E-state index >= 15 is 0 Å². The van der Waals surface area contributed by atoms with Crippen LogP contribution in [0.5, 0.6) is 0 Å². The van der Waals surface area contributed by atoms with E-state index in [0.29, 0.717) is 13.0 Å². The summed E-state index contributed by atoms with van der Waals surface area (Å²) in [5.41, 5.74) is 2.09. The molecule has 0 saturated carbocycles. The molecule has 1 aliphatic heterocycles. The van der Waals surface area contributed by atoms with Gasteiger partial charge in [0.25, 0.3) is 0 Å². The Balaban J connectivity index is 1.42. The Morgan fingerprint density at radius 1 is 1.35 bits per heavy atom. The van der Waals surface area contributed by atoms with Crippen molar-refractivity contribution >= 4 is 17.2 Å². The molecule has 122 valence electrons. The average molecular weight is 331 g/mol. The van der Waals surface area contributed by atoms with Gasteiger partial charge in [-0.2, -0.15) is 0 Å². The number of nitrogens with one attached hydrogen (secondary N) is 1. The molecular formula is C17H21N3O2S. The Bertz CT molecular complexity index is 624. The fraction of sp³-hybridized carbons (Fsp3) is 0.471. The lowest BCUT2D eigenvalue weighted by Crippen LogP contribution is -2.31. The first-order valence-electron chi connectivity index (χ1n) is 8.04. The maximum Gasteiger partial charge on any atom is 0.222 e. The van der Waals surface area contributed by atoms with E-state index in [9.17, 15) is 4.79 Å². The van der Waals surface area contributed by atoms with Crippen molar-refractivity contribution in [3.8, 4) is 10.6 Å². The molecule has 1 saturated heterocycles. The van der Waals surface area contributed by atoms with Crippen molar-refractivity contribution < 1.29 is 9.53 Å². The van der Waals surface area contributed by atoms with Crippen LogP contribution in [0.3, 0.4) is 0 Å². The smallest absolute Gasteiger partial charge is 0.222 e. The second-order valence-electron chi connectivity index (χ2n) is 5.67. The molecule has 1 N–H and O–H groups in total. The standard InChI is InChI=1S/C17H21N3O2S/c21-16(11-15-3-1-2-10-22-15)19-9-6-14-12-23-17(20-14)13-4-7-18-8-5-13/h4-5,7-8,12,15H,1-3,6,9-11H2,(H,19,21). The summed E-state index contributed by atoms with van der Waals surface area (Å²) in [6, 6.07) is 3.91. The molecule has 0 aliphatic carbocycles. The van der Waals surface area contributed by atoms with Gasteiger partial charge < -0.3 is 10.1 Å². The van der Waals surface area contributed by atoms with Crippen molar-refractivity contribution in [2.45, 2.75) is 38.2 Å². The van der Waals surface area contributed by atoms with Gasteiger partial charge >= 0.3 is 0 Å². The van der Waals surface area contributed by atoms with Crippen LogP contribution in [-0.2, 0) is 16.0 Å². The Labute approximate surface area is 140 Å². The Morgan fingerprint density at radius 3 is 3.00 bits per heavy atom. The number of ether oxygens (including phenoxy) is 1. The summed E-state index contributed by atoms with van der Waals surface area (Å²) >= 11 is 1.62. The number of hydrogen-bond acceptors (Lipinski definition) is 5. The van der Waals surface area contributed by atoms with E-state index in [4.69, 9.17) is 4.74 Å². The van der Waals surface area contributed by atoms with E-state index in [1.54, 1.807) is 23.7 Å². The minimum absolute atomic E-state index is 0.0708. The van der Waals surface area contributed by atoms with Crippen LogP contribution in [0.1, 0.15) is 31.4 Å². The van der Waals surface area contributed by atoms with Crippen LogP contribution in [0.15, 0.2) is 29.9 Å². The van der Waals surface area contributed by atoms with Crippen LogP contribution in [0.2, 0.25) is 0 Å². The number of thiazole rings is 1. The van der Waals surface area contributed by atoms with Gasteiger partial charge in [0, 0.05) is 42.9 Å². The summed E-state index contributed by atoms with van der Waals surface area (Å²) in [6.07, 6.45) is 8.12. The van der Waals surface area contributed by atoms with Crippen LogP contribution in [0.25, 0.3) is 10.6 Å². The van der Waals surface area contributed by atoms with Gasteiger partial charge in [0.05, 0.1) is 18.2 Å². The van der Waals surface area contributed by atoms with E-state index < -0.39 is 0 Å². The quantitative estimate of drug-likeness (QED) is 0.884. The van der Waals surface area contributed by atoms with Crippen molar-refractivity contribution in [2.24, 2.45) is 0 Å². The number of amides is 1. The van der Waals surface area contributed by atoms with Crippen LogP contribution >= 0.6 is 11.3 Å². The van der Waals surface area contributed by atoms with Gasteiger partial charge in [-0.3, -0.25) is 9.78 Å². The fourth-order valence-corrected chi connectivity index (χ4v) is 3.49. The summed E-state index contributed by atoms with van der Waals surface area (Å²) in [6.45, 7) is 1.40. The van der Waals surface area contributed by atoms with Gasteiger partial charge in [0.15, 0.2) is 0 Å². The van der Waals surface area contributed by atoms with E-state index in [1.807, 2.05) is 17.5 Å². The van der Waals surface area contributed by atoms with Gasteiger partial charge in [0.1, 0.15) is 5.01 Å². The molecule has 3 rings (SSSR count). The molecule has 2 aromatic heterocycles. The fourth-order valence-electron chi connectivity index (χ4n) is 2.63. The summed E-state index contributed by atoms with van der Waals surface area (Å²) in [7, 11) is 0. The predicted octanol–water partition coefficient (Wildman–Crippen LogP) is 2.82. The highest BCUT2D eigenvalue weighted by atomic mass is 32.1. The molecule has 3 heterocycles. The Hall–Kier alpha value is -1.79. The largest absolute Gasteiger partial charge is 0.378 e. The summed E-state index contributed by atoms with van der Waals surface area (Å²) < 4.78 is 5.59. The molecule has 1 atom stereocenters. The second kappa shape index (κ2) is 8.17. The van der Waals surface area contributed by atoms with Crippen molar-refractivity contribution in [3.05, 3.63) is 35.6 Å². The van der Waals surface area contributed by atoms with Gasteiger partial charge in [-0.1, -0.05) is 0 Å². The topological polar surface area (TPSA) is 64.1 Å². The molecular weight excluding hydrogens is 310 g/mol. The first kappa shape index (κ1) is 16.1. The molecule has 23 heavy (non-hydrogen) atoms. The Morgan fingerprint density at radius 2 is 2.22 bits per heavy atom. The van der Waals surface area contributed by atoms with E-state index in [0.717, 1.165) is 48.6 Å². The molecule has 5 nitrogen and oxygen atoms in total. The molecule has 0 spiro atoms. The first-order chi connectivity index (χ1) is 11.3. The van der Waals surface area contributed by atoms with E-state index in [1.165, 1.54) is 0 Å². The average Bonchev–Trinajstić information content (AvgIpc) is 3.05. The van der Waals surface area contributed by atoms with Gasteiger partial charge in [0.2, 0.25) is 5.91 Å². The molecule has 1 amide bonds. The predicted molar refractivity (Wildman–Crippen MR) is 90.3 cm³/mol. The number of rotatable bonds is 6. The van der Waals surface area contributed by atoms with Crippen molar-refractivity contribution in [3.63, 3.8) is 0 Å². The lowest BCUT2D eigenvalue weighted by molar-refractivity contribution is -0.124. The maximum absolute atomic E-state index is 11.9.